The maximum Gasteiger partial charge on any atom is 0.135 e. The van der Waals surface area contributed by atoms with Crippen molar-refractivity contribution in [2.24, 2.45) is 0 Å². The number of hydrogen-bond donors (Lipinski definition) is 1. The maximum absolute atomic E-state index is 6.18. The van der Waals surface area contributed by atoms with Crippen LogP contribution in [-0.4, -0.2) is 28.5 Å². The van der Waals surface area contributed by atoms with Gasteiger partial charge in [-0.25, -0.2) is 9.97 Å². The Bertz CT molecular complexity index is 838. The molecule has 0 spiro atoms. The number of aromatic nitrogens is 3. The highest BCUT2D eigenvalue weighted by Gasteiger charge is 2.06. The SMILES string of the molecule is Cc1ccc(Nc2cc(N(C)CCc3ccncc3)ncn2)cc1Cl. The predicted octanol–water partition coefficient (Wildman–Crippen LogP) is 4.26. The normalized spacial score (nSPS) is 10.5. The molecule has 5 nitrogen and oxygen atoms in total. The molecule has 128 valence electrons. The van der Waals surface area contributed by atoms with Gasteiger partial charge in [-0.2, -0.15) is 0 Å². The molecular formula is C19H20ClN5. The Morgan fingerprint density at radius 2 is 1.88 bits per heavy atom. The number of anilines is 3. The molecule has 0 aliphatic rings. The van der Waals surface area contributed by atoms with Crippen LogP contribution in [0.2, 0.25) is 5.02 Å². The highest BCUT2D eigenvalue weighted by molar-refractivity contribution is 6.31. The van der Waals surface area contributed by atoms with Gasteiger partial charge in [0.1, 0.15) is 18.0 Å². The summed E-state index contributed by atoms with van der Waals surface area (Å²) < 4.78 is 0. The quantitative estimate of drug-likeness (QED) is 0.717. The van der Waals surface area contributed by atoms with Gasteiger partial charge in [-0.15, -0.1) is 0 Å². The van der Waals surface area contributed by atoms with Gasteiger partial charge in [-0.3, -0.25) is 4.98 Å². The molecule has 25 heavy (non-hydrogen) atoms. The number of rotatable bonds is 6. The largest absolute Gasteiger partial charge is 0.359 e. The number of halogens is 1. The van der Waals surface area contributed by atoms with Crippen LogP contribution in [-0.2, 0) is 6.42 Å². The number of pyridine rings is 1. The van der Waals surface area contributed by atoms with Gasteiger partial charge in [0.05, 0.1) is 0 Å². The van der Waals surface area contributed by atoms with Gasteiger partial charge in [0.25, 0.3) is 0 Å². The molecule has 1 N–H and O–H groups in total. The Balaban J connectivity index is 1.66. The minimum Gasteiger partial charge on any atom is -0.359 e. The average molecular weight is 354 g/mol. The third kappa shape index (κ3) is 4.67. The minimum atomic E-state index is 0.730. The molecule has 0 unspecified atom stereocenters. The van der Waals surface area contributed by atoms with E-state index in [0.717, 1.165) is 40.9 Å². The van der Waals surface area contributed by atoms with Crippen LogP contribution in [0, 0.1) is 6.92 Å². The molecule has 0 aliphatic carbocycles. The summed E-state index contributed by atoms with van der Waals surface area (Å²) in [5.74, 6) is 1.60. The lowest BCUT2D eigenvalue weighted by molar-refractivity contribution is 0.855. The van der Waals surface area contributed by atoms with E-state index in [1.807, 2.05) is 62.8 Å². The number of hydrogen-bond acceptors (Lipinski definition) is 5. The van der Waals surface area contributed by atoms with Crippen molar-refractivity contribution in [2.75, 3.05) is 23.8 Å². The first-order valence-corrected chi connectivity index (χ1v) is 8.45. The first-order chi connectivity index (χ1) is 12.1. The van der Waals surface area contributed by atoms with Gasteiger partial charge in [0.15, 0.2) is 0 Å². The summed E-state index contributed by atoms with van der Waals surface area (Å²) in [6.07, 6.45) is 6.12. The van der Waals surface area contributed by atoms with Crippen LogP contribution in [0.4, 0.5) is 17.3 Å². The molecule has 0 radical (unpaired) electrons. The summed E-state index contributed by atoms with van der Waals surface area (Å²) in [7, 11) is 2.02. The Hall–Kier alpha value is -2.66. The summed E-state index contributed by atoms with van der Waals surface area (Å²) in [5, 5.41) is 4.00. The summed E-state index contributed by atoms with van der Waals surface area (Å²) >= 11 is 6.18. The van der Waals surface area contributed by atoms with E-state index >= 15 is 0 Å². The molecule has 0 bridgehead atoms. The van der Waals surface area contributed by atoms with Crippen LogP contribution in [0.1, 0.15) is 11.1 Å². The first-order valence-electron chi connectivity index (χ1n) is 8.07. The molecule has 3 aromatic rings. The molecule has 6 heteroatoms. The van der Waals surface area contributed by atoms with Gasteiger partial charge in [-0.1, -0.05) is 17.7 Å². The monoisotopic (exact) mass is 353 g/mol. The zero-order chi connectivity index (χ0) is 17.6. The number of nitrogens with one attached hydrogen (secondary N) is 1. The van der Waals surface area contributed by atoms with E-state index in [0.29, 0.717) is 0 Å². The van der Waals surface area contributed by atoms with E-state index in [2.05, 4.69) is 25.2 Å². The van der Waals surface area contributed by atoms with Crippen molar-refractivity contribution in [3.05, 3.63) is 71.3 Å². The fourth-order valence-corrected chi connectivity index (χ4v) is 2.58. The van der Waals surface area contributed by atoms with E-state index in [1.54, 1.807) is 6.33 Å². The van der Waals surface area contributed by atoms with Crippen molar-refractivity contribution in [2.45, 2.75) is 13.3 Å². The molecule has 0 saturated heterocycles. The van der Waals surface area contributed by atoms with Crippen molar-refractivity contribution in [3.8, 4) is 0 Å². The standard InChI is InChI=1S/C19H20ClN5/c1-14-3-4-16(11-17(14)20)24-18-12-19(23-13-22-18)25(2)10-7-15-5-8-21-9-6-15/h3-6,8-9,11-13H,7,10H2,1-2H3,(H,22,23,24). The van der Waals surface area contributed by atoms with E-state index in [9.17, 15) is 0 Å². The molecule has 2 heterocycles. The van der Waals surface area contributed by atoms with Crippen molar-refractivity contribution in [1.82, 2.24) is 15.0 Å². The smallest absolute Gasteiger partial charge is 0.135 e. The van der Waals surface area contributed by atoms with Crippen molar-refractivity contribution >= 4 is 28.9 Å². The van der Waals surface area contributed by atoms with Crippen LogP contribution in [0.5, 0.6) is 0 Å². The van der Waals surface area contributed by atoms with E-state index < -0.39 is 0 Å². The van der Waals surface area contributed by atoms with E-state index in [-0.39, 0.29) is 0 Å². The van der Waals surface area contributed by atoms with Crippen LogP contribution < -0.4 is 10.2 Å². The second-order valence-electron chi connectivity index (χ2n) is 5.88. The second kappa shape index (κ2) is 7.94. The predicted molar refractivity (Wildman–Crippen MR) is 103 cm³/mol. The summed E-state index contributed by atoms with van der Waals surface area (Å²) in [4.78, 5) is 14.8. The number of nitrogens with zero attached hydrogens (tertiary/aromatic N) is 4. The number of likely N-dealkylation sites (N-methyl/N-ethyl adjacent to an activating group) is 1. The zero-order valence-corrected chi connectivity index (χ0v) is 15.0. The van der Waals surface area contributed by atoms with Gasteiger partial charge >= 0.3 is 0 Å². The Kier molecular flexibility index (Phi) is 5.46. The fourth-order valence-electron chi connectivity index (χ4n) is 2.40. The third-order valence-corrected chi connectivity index (χ3v) is 4.38. The van der Waals surface area contributed by atoms with Gasteiger partial charge in [0.2, 0.25) is 0 Å². The summed E-state index contributed by atoms with van der Waals surface area (Å²) in [6, 6.07) is 11.8. The molecular weight excluding hydrogens is 334 g/mol. The Morgan fingerprint density at radius 1 is 1.08 bits per heavy atom. The van der Waals surface area contributed by atoms with Crippen LogP contribution in [0.25, 0.3) is 0 Å². The maximum atomic E-state index is 6.18. The molecule has 2 aromatic heterocycles. The molecule has 0 amide bonds. The zero-order valence-electron chi connectivity index (χ0n) is 14.3. The average Bonchev–Trinajstić information content (AvgIpc) is 2.64. The molecule has 1 aromatic carbocycles. The summed E-state index contributed by atoms with van der Waals surface area (Å²) in [5.41, 5.74) is 3.20. The second-order valence-corrected chi connectivity index (χ2v) is 6.28. The van der Waals surface area contributed by atoms with Gasteiger partial charge in [0, 0.05) is 42.8 Å². The molecule has 0 fully saturated rings. The van der Waals surface area contributed by atoms with Gasteiger partial charge in [-0.05, 0) is 48.7 Å². The third-order valence-electron chi connectivity index (χ3n) is 3.97. The molecule has 0 aliphatic heterocycles. The van der Waals surface area contributed by atoms with Crippen molar-refractivity contribution in [3.63, 3.8) is 0 Å². The lowest BCUT2D eigenvalue weighted by atomic mass is 10.2. The van der Waals surface area contributed by atoms with E-state index in [4.69, 9.17) is 11.6 Å². The van der Waals surface area contributed by atoms with Crippen molar-refractivity contribution in [1.29, 1.82) is 0 Å². The van der Waals surface area contributed by atoms with Crippen molar-refractivity contribution < 1.29 is 0 Å². The minimum absolute atomic E-state index is 0.730. The topological polar surface area (TPSA) is 53.9 Å². The van der Waals surface area contributed by atoms with Crippen LogP contribution in [0.15, 0.2) is 55.1 Å². The Morgan fingerprint density at radius 3 is 2.64 bits per heavy atom. The molecule has 0 saturated carbocycles. The first kappa shape index (κ1) is 17.2. The number of benzene rings is 1. The highest BCUT2D eigenvalue weighted by atomic mass is 35.5. The van der Waals surface area contributed by atoms with Crippen LogP contribution >= 0.6 is 11.6 Å². The fraction of sp³-hybridized carbons (Fsp3) is 0.211. The lowest BCUT2D eigenvalue weighted by Crippen LogP contribution is -2.21. The molecule has 0 atom stereocenters. The highest BCUT2D eigenvalue weighted by Crippen LogP contribution is 2.23. The summed E-state index contributed by atoms with van der Waals surface area (Å²) in [6.45, 7) is 2.84. The Labute approximate surface area is 152 Å². The lowest BCUT2D eigenvalue weighted by Gasteiger charge is -2.18. The number of aryl methyl sites for hydroxylation is 1. The molecule has 3 rings (SSSR count). The van der Waals surface area contributed by atoms with E-state index in [1.165, 1.54) is 5.56 Å². The van der Waals surface area contributed by atoms with Gasteiger partial charge < -0.3 is 10.2 Å². The van der Waals surface area contributed by atoms with Crippen LogP contribution in [0.3, 0.4) is 0 Å².